The van der Waals surface area contributed by atoms with Crippen LogP contribution in [0.3, 0.4) is 0 Å². The number of oxazole rings is 1. The van der Waals surface area contributed by atoms with Crippen LogP contribution in [0.15, 0.2) is 34.9 Å². The van der Waals surface area contributed by atoms with Gasteiger partial charge >= 0.3 is 6.18 Å². The van der Waals surface area contributed by atoms with E-state index in [-0.39, 0.29) is 0 Å². The van der Waals surface area contributed by atoms with Crippen molar-refractivity contribution in [1.82, 2.24) is 14.8 Å². The molecule has 0 aliphatic carbocycles. The lowest BCUT2D eigenvalue weighted by Crippen LogP contribution is -2.39. The van der Waals surface area contributed by atoms with Crippen molar-refractivity contribution in [1.29, 1.82) is 0 Å². The minimum absolute atomic E-state index is 0.354. The maximum absolute atomic E-state index is 12.7. The average molecular weight is 395 g/mol. The van der Waals surface area contributed by atoms with E-state index in [0.717, 1.165) is 63.8 Å². The van der Waals surface area contributed by atoms with Gasteiger partial charge in [0.25, 0.3) is 0 Å². The molecule has 2 saturated heterocycles. The van der Waals surface area contributed by atoms with Gasteiger partial charge < -0.3 is 9.15 Å². The first kappa shape index (κ1) is 19.4. The van der Waals surface area contributed by atoms with Crippen molar-refractivity contribution in [3.8, 4) is 11.5 Å². The molecule has 1 aromatic heterocycles. The summed E-state index contributed by atoms with van der Waals surface area (Å²) < 4.78 is 48.9. The number of morpholine rings is 1. The fraction of sp³-hybridized carbons (Fsp3) is 0.550. The van der Waals surface area contributed by atoms with E-state index in [9.17, 15) is 13.2 Å². The number of benzene rings is 1. The highest BCUT2D eigenvalue weighted by Gasteiger charge is 2.30. The van der Waals surface area contributed by atoms with E-state index in [1.807, 2.05) is 0 Å². The number of likely N-dealkylation sites (tertiary alicyclic amines) is 1. The van der Waals surface area contributed by atoms with Crippen molar-refractivity contribution >= 4 is 0 Å². The third kappa shape index (κ3) is 4.74. The molecule has 4 rings (SSSR count). The van der Waals surface area contributed by atoms with Gasteiger partial charge in [0.1, 0.15) is 6.26 Å². The second-order valence-corrected chi connectivity index (χ2v) is 7.52. The van der Waals surface area contributed by atoms with Crippen LogP contribution in [0.25, 0.3) is 11.5 Å². The lowest BCUT2D eigenvalue weighted by molar-refractivity contribution is -0.137. The zero-order valence-electron chi connectivity index (χ0n) is 15.6. The molecule has 3 heterocycles. The zero-order valence-corrected chi connectivity index (χ0v) is 15.6. The first-order chi connectivity index (χ1) is 13.5. The third-order valence-electron chi connectivity index (χ3n) is 5.39. The Kier molecular flexibility index (Phi) is 5.70. The summed E-state index contributed by atoms with van der Waals surface area (Å²) in [5, 5.41) is 0. The Balaban J connectivity index is 1.31. The van der Waals surface area contributed by atoms with Crippen molar-refractivity contribution < 1.29 is 22.3 Å². The fourth-order valence-electron chi connectivity index (χ4n) is 3.90. The van der Waals surface area contributed by atoms with Crippen LogP contribution in [0.1, 0.15) is 17.7 Å². The quantitative estimate of drug-likeness (QED) is 0.775. The van der Waals surface area contributed by atoms with Crippen LogP contribution in [-0.2, 0) is 17.5 Å². The van der Waals surface area contributed by atoms with E-state index in [2.05, 4.69) is 14.8 Å². The summed E-state index contributed by atoms with van der Waals surface area (Å²) in [7, 11) is 0. The average Bonchev–Trinajstić information content (AvgIpc) is 3.32. The molecule has 0 saturated carbocycles. The van der Waals surface area contributed by atoms with Crippen LogP contribution in [0.5, 0.6) is 0 Å². The molecular formula is C20H24F3N3O2. The van der Waals surface area contributed by atoms with Crippen molar-refractivity contribution in [2.24, 2.45) is 5.92 Å². The van der Waals surface area contributed by atoms with Crippen LogP contribution in [-0.4, -0.2) is 60.7 Å². The van der Waals surface area contributed by atoms with E-state index in [1.54, 1.807) is 6.26 Å². The topological polar surface area (TPSA) is 41.7 Å². The summed E-state index contributed by atoms with van der Waals surface area (Å²) in [6.07, 6.45) is -1.57. The molecule has 2 aliphatic rings. The van der Waals surface area contributed by atoms with Gasteiger partial charge in [0.2, 0.25) is 5.89 Å². The molecule has 152 valence electrons. The predicted molar refractivity (Wildman–Crippen MR) is 97.6 cm³/mol. The number of hydrogen-bond donors (Lipinski definition) is 0. The Hall–Kier alpha value is -1.90. The predicted octanol–water partition coefficient (Wildman–Crippen LogP) is 3.51. The number of aromatic nitrogens is 1. The summed E-state index contributed by atoms with van der Waals surface area (Å²) >= 11 is 0. The Bertz CT molecular complexity index is 770. The van der Waals surface area contributed by atoms with Crippen LogP contribution >= 0.6 is 0 Å². The van der Waals surface area contributed by atoms with Crippen molar-refractivity contribution in [2.45, 2.75) is 19.1 Å². The van der Waals surface area contributed by atoms with Gasteiger partial charge in [-0.3, -0.25) is 9.80 Å². The second kappa shape index (κ2) is 8.23. The number of halogens is 3. The summed E-state index contributed by atoms with van der Waals surface area (Å²) in [4.78, 5) is 9.29. The minimum Gasteiger partial charge on any atom is -0.444 e. The summed E-state index contributed by atoms with van der Waals surface area (Å²) in [6.45, 7) is 7.52. The lowest BCUT2D eigenvalue weighted by Gasteiger charge is -2.29. The molecule has 2 fully saturated rings. The number of ether oxygens (including phenoxy) is 1. The summed E-state index contributed by atoms with van der Waals surface area (Å²) in [5.74, 6) is 1.01. The van der Waals surface area contributed by atoms with E-state index in [0.29, 0.717) is 23.9 Å². The first-order valence-electron chi connectivity index (χ1n) is 9.62. The number of nitrogens with zero attached hydrogens (tertiary/aromatic N) is 3. The van der Waals surface area contributed by atoms with Crippen molar-refractivity contribution in [3.05, 3.63) is 41.8 Å². The molecule has 5 nitrogen and oxygen atoms in total. The van der Waals surface area contributed by atoms with Crippen LogP contribution < -0.4 is 0 Å². The molecule has 0 spiro atoms. The molecule has 0 N–H and O–H groups in total. The van der Waals surface area contributed by atoms with Gasteiger partial charge in [-0.1, -0.05) is 0 Å². The molecule has 2 aliphatic heterocycles. The van der Waals surface area contributed by atoms with Crippen LogP contribution in [0, 0.1) is 5.92 Å². The highest BCUT2D eigenvalue weighted by atomic mass is 19.4. The van der Waals surface area contributed by atoms with Crippen LogP contribution in [0.4, 0.5) is 13.2 Å². The molecule has 1 unspecified atom stereocenters. The van der Waals surface area contributed by atoms with Crippen molar-refractivity contribution in [2.75, 3.05) is 45.9 Å². The summed E-state index contributed by atoms with van der Waals surface area (Å²) in [6, 6.07) is 4.89. The SMILES string of the molecule is FC(F)(F)c1ccc(-c2nc(CN3CCC(CN4CCOCC4)C3)co2)cc1. The Morgan fingerprint density at radius 1 is 1.04 bits per heavy atom. The van der Waals surface area contributed by atoms with Gasteiger partial charge in [-0.15, -0.1) is 0 Å². The standard InChI is InChI=1S/C20H24F3N3O2/c21-20(22,23)17-3-1-16(2-4-17)19-24-18(14-28-19)13-26-6-5-15(12-26)11-25-7-9-27-10-8-25/h1-4,14-15H,5-13H2. The summed E-state index contributed by atoms with van der Waals surface area (Å²) in [5.41, 5.74) is 0.680. The molecule has 0 radical (unpaired) electrons. The smallest absolute Gasteiger partial charge is 0.416 e. The van der Waals surface area contributed by atoms with Gasteiger partial charge in [0.15, 0.2) is 0 Å². The molecule has 0 amide bonds. The Morgan fingerprint density at radius 3 is 2.50 bits per heavy atom. The van der Waals surface area contributed by atoms with Gasteiger partial charge in [-0.2, -0.15) is 13.2 Å². The first-order valence-corrected chi connectivity index (χ1v) is 9.62. The normalized spacial score (nSPS) is 22.0. The highest BCUT2D eigenvalue weighted by molar-refractivity contribution is 5.54. The molecule has 1 atom stereocenters. The zero-order chi connectivity index (χ0) is 19.6. The molecule has 8 heteroatoms. The van der Waals surface area contributed by atoms with Crippen molar-refractivity contribution in [3.63, 3.8) is 0 Å². The van der Waals surface area contributed by atoms with E-state index in [4.69, 9.17) is 9.15 Å². The van der Waals surface area contributed by atoms with Gasteiger partial charge in [0.05, 0.1) is 24.5 Å². The molecule has 0 bridgehead atoms. The number of hydrogen-bond acceptors (Lipinski definition) is 5. The Labute approximate surface area is 162 Å². The van der Waals surface area contributed by atoms with Gasteiger partial charge in [-0.25, -0.2) is 4.98 Å². The number of rotatable bonds is 5. The number of alkyl halides is 3. The van der Waals surface area contributed by atoms with Crippen LogP contribution in [0.2, 0.25) is 0 Å². The lowest BCUT2D eigenvalue weighted by atomic mass is 10.1. The molecule has 2 aromatic rings. The molecular weight excluding hydrogens is 371 g/mol. The highest BCUT2D eigenvalue weighted by Crippen LogP contribution is 2.31. The largest absolute Gasteiger partial charge is 0.444 e. The minimum atomic E-state index is -4.34. The monoisotopic (exact) mass is 395 g/mol. The van der Waals surface area contributed by atoms with E-state index in [1.165, 1.54) is 18.6 Å². The Morgan fingerprint density at radius 2 is 1.79 bits per heavy atom. The maximum Gasteiger partial charge on any atom is 0.416 e. The third-order valence-corrected chi connectivity index (χ3v) is 5.39. The van der Waals surface area contributed by atoms with Gasteiger partial charge in [0, 0.05) is 38.3 Å². The van der Waals surface area contributed by atoms with Gasteiger partial charge in [-0.05, 0) is 43.1 Å². The maximum atomic E-state index is 12.7. The fourth-order valence-corrected chi connectivity index (χ4v) is 3.90. The van der Waals surface area contributed by atoms with E-state index >= 15 is 0 Å². The second-order valence-electron chi connectivity index (χ2n) is 7.52. The van der Waals surface area contributed by atoms with E-state index < -0.39 is 11.7 Å². The molecule has 28 heavy (non-hydrogen) atoms. The molecule has 1 aromatic carbocycles.